The average molecular weight is 523 g/mol. The Balaban J connectivity index is 1.92. The summed E-state index contributed by atoms with van der Waals surface area (Å²) in [4.78, 5) is 38.2. The van der Waals surface area contributed by atoms with Crippen LogP contribution in [0.15, 0.2) is 53.3 Å². The van der Waals surface area contributed by atoms with Crippen LogP contribution in [0.25, 0.3) is 11.1 Å². The van der Waals surface area contributed by atoms with Crippen molar-refractivity contribution in [3.05, 3.63) is 80.5 Å². The fourth-order valence-electron chi connectivity index (χ4n) is 4.61. The standard InChI is InChI=1S/C28H27ClN2O6/c1-15(32)30-21-11-7-17-13-24(35-2)26(36-3)27(37-4)25(17)19-10-12-22(23(33)14-20(19)21)31-28(34)16-5-8-18(29)9-6-16/h5-6,8-10,12-14,21H,7,11H2,1-4H3,(H,30,32)(H,31,33,34)/t21-/m0/s1. The molecule has 1 atom stereocenters. The van der Waals surface area contributed by atoms with Gasteiger partial charge in [0, 0.05) is 23.1 Å². The first-order valence-corrected chi connectivity index (χ1v) is 12.0. The molecule has 1 aliphatic rings. The average Bonchev–Trinajstić information content (AvgIpc) is 3.12. The fraction of sp³-hybridized carbons (Fsp3) is 0.250. The van der Waals surface area contributed by atoms with Gasteiger partial charge in [0.15, 0.2) is 11.5 Å². The Hall–Kier alpha value is -4.04. The zero-order valence-corrected chi connectivity index (χ0v) is 21.7. The molecule has 0 heterocycles. The quantitative estimate of drug-likeness (QED) is 0.483. The maximum Gasteiger partial charge on any atom is 0.255 e. The molecular formula is C28H27ClN2O6. The van der Waals surface area contributed by atoms with Crippen LogP contribution in [0.4, 0.5) is 5.69 Å². The Morgan fingerprint density at radius 3 is 2.27 bits per heavy atom. The number of benzene rings is 2. The number of ether oxygens (including phenoxy) is 3. The first kappa shape index (κ1) is 26.0. The SMILES string of the molecule is COc1cc2c(c(OC)c1OC)-c1ccc(NC(=O)c3ccc(Cl)cc3)c(=O)cc1[C@@H](NC(C)=O)CC2. The summed E-state index contributed by atoms with van der Waals surface area (Å²) >= 11 is 5.92. The maximum atomic E-state index is 13.3. The second-order valence-electron chi connectivity index (χ2n) is 8.56. The van der Waals surface area contributed by atoms with Gasteiger partial charge < -0.3 is 24.8 Å². The Bertz CT molecular complexity index is 1420. The fourth-order valence-corrected chi connectivity index (χ4v) is 4.73. The number of nitrogens with one attached hydrogen (secondary N) is 2. The third-order valence-electron chi connectivity index (χ3n) is 6.27. The number of hydrogen-bond acceptors (Lipinski definition) is 6. The molecule has 0 aromatic heterocycles. The number of halogens is 1. The van der Waals surface area contributed by atoms with Crippen LogP contribution in [0.5, 0.6) is 17.2 Å². The number of aryl methyl sites for hydroxylation is 1. The van der Waals surface area contributed by atoms with E-state index >= 15 is 0 Å². The smallest absolute Gasteiger partial charge is 0.255 e. The molecule has 9 heteroatoms. The topological polar surface area (TPSA) is 103 Å². The van der Waals surface area contributed by atoms with Crippen molar-refractivity contribution in [2.45, 2.75) is 25.8 Å². The van der Waals surface area contributed by atoms with E-state index in [1.807, 2.05) is 6.07 Å². The van der Waals surface area contributed by atoms with E-state index in [9.17, 15) is 14.4 Å². The first-order chi connectivity index (χ1) is 17.8. The molecule has 0 fully saturated rings. The van der Waals surface area contributed by atoms with Crippen molar-refractivity contribution in [2.75, 3.05) is 26.6 Å². The predicted octanol–water partition coefficient (Wildman–Crippen LogP) is 4.77. The van der Waals surface area contributed by atoms with Gasteiger partial charge in [-0.15, -0.1) is 0 Å². The zero-order valence-electron chi connectivity index (χ0n) is 20.9. The lowest BCUT2D eigenvalue weighted by molar-refractivity contribution is -0.119. The number of hydrogen-bond donors (Lipinski definition) is 2. The van der Waals surface area contributed by atoms with Crippen LogP contribution in [0.3, 0.4) is 0 Å². The van der Waals surface area contributed by atoms with Crippen LogP contribution in [0.1, 0.15) is 40.9 Å². The highest BCUT2D eigenvalue weighted by molar-refractivity contribution is 6.30. The van der Waals surface area contributed by atoms with Gasteiger partial charge in [0.1, 0.15) is 0 Å². The minimum Gasteiger partial charge on any atom is -0.493 e. The zero-order chi connectivity index (χ0) is 26.7. The van der Waals surface area contributed by atoms with E-state index in [-0.39, 0.29) is 11.6 Å². The van der Waals surface area contributed by atoms with Crippen LogP contribution in [-0.4, -0.2) is 33.1 Å². The van der Waals surface area contributed by atoms with Crippen molar-refractivity contribution < 1.29 is 23.8 Å². The van der Waals surface area contributed by atoms with Crippen molar-refractivity contribution in [3.63, 3.8) is 0 Å². The van der Waals surface area contributed by atoms with Gasteiger partial charge in [-0.25, -0.2) is 0 Å². The van der Waals surface area contributed by atoms with Gasteiger partial charge >= 0.3 is 0 Å². The number of anilines is 1. The summed E-state index contributed by atoms with van der Waals surface area (Å²) in [5.41, 5.74) is 2.97. The Morgan fingerprint density at radius 1 is 0.946 bits per heavy atom. The van der Waals surface area contributed by atoms with Gasteiger partial charge in [0.25, 0.3) is 5.91 Å². The number of fused-ring (bicyclic) bond motifs is 3. The minimum absolute atomic E-state index is 0.0931. The number of carbonyl (C=O) groups is 2. The molecular weight excluding hydrogens is 496 g/mol. The van der Waals surface area contributed by atoms with Crippen molar-refractivity contribution in [2.24, 2.45) is 0 Å². The van der Waals surface area contributed by atoms with E-state index < -0.39 is 17.4 Å². The van der Waals surface area contributed by atoms with Crippen LogP contribution in [0, 0.1) is 0 Å². The lowest BCUT2D eigenvalue weighted by Crippen LogP contribution is -2.26. The van der Waals surface area contributed by atoms with E-state index in [0.717, 1.165) is 11.1 Å². The largest absolute Gasteiger partial charge is 0.493 e. The van der Waals surface area contributed by atoms with Crippen molar-refractivity contribution in [3.8, 4) is 28.4 Å². The summed E-state index contributed by atoms with van der Waals surface area (Å²) in [5, 5.41) is 6.15. The summed E-state index contributed by atoms with van der Waals surface area (Å²) in [5.74, 6) is 0.709. The molecule has 192 valence electrons. The van der Waals surface area contributed by atoms with Gasteiger partial charge in [-0.1, -0.05) is 17.7 Å². The summed E-state index contributed by atoms with van der Waals surface area (Å²) in [6.45, 7) is 1.43. The van der Waals surface area contributed by atoms with Gasteiger partial charge in [-0.3, -0.25) is 14.4 Å². The highest BCUT2D eigenvalue weighted by atomic mass is 35.5. The van der Waals surface area contributed by atoms with Crippen molar-refractivity contribution in [1.82, 2.24) is 5.32 Å². The van der Waals surface area contributed by atoms with E-state index in [4.69, 9.17) is 25.8 Å². The van der Waals surface area contributed by atoms with Crippen molar-refractivity contribution in [1.29, 1.82) is 0 Å². The molecule has 0 bridgehead atoms. The summed E-state index contributed by atoms with van der Waals surface area (Å²) in [7, 11) is 4.61. The third-order valence-corrected chi connectivity index (χ3v) is 6.52. The van der Waals surface area contributed by atoms with Crippen molar-refractivity contribution >= 4 is 29.1 Å². The first-order valence-electron chi connectivity index (χ1n) is 11.6. The number of rotatable bonds is 6. The summed E-state index contributed by atoms with van der Waals surface area (Å²) in [6.07, 6.45) is 1.12. The molecule has 2 amide bonds. The van der Waals surface area contributed by atoms with Gasteiger partial charge in [-0.05, 0) is 72.0 Å². The van der Waals surface area contributed by atoms with E-state index in [0.29, 0.717) is 51.8 Å². The predicted molar refractivity (Wildman–Crippen MR) is 142 cm³/mol. The monoisotopic (exact) mass is 522 g/mol. The molecule has 2 N–H and O–H groups in total. The molecule has 8 nitrogen and oxygen atoms in total. The van der Waals surface area contributed by atoms with E-state index in [1.54, 1.807) is 43.5 Å². The second-order valence-corrected chi connectivity index (χ2v) is 8.99. The Kier molecular flexibility index (Phi) is 7.69. The van der Waals surface area contributed by atoms with Crippen LogP contribution < -0.4 is 30.3 Å². The van der Waals surface area contributed by atoms with E-state index in [1.165, 1.54) is 27.2 Å². The molecule has 0 spiro atoms. The highest BCUT2D eigenvalue weighted by Crippen LogP contribution is 2.50. The molecule has 4 rings (SSSR count). The Labute approximate surface area is 219 Å². The molecule has 1 aliphatic carbocycles. The third kappa shape index (κ3) is 5.24. The summed E-state index contributed by atoms with van der Waals surface area (Å²) in [6, 6.07) is 12.6. The van der Waals surface area contributed by atoms with Crippen LogP contribution in [-0.2, 0) is 11.2 Å². The van der Waals surface area contributed by atoms with E-state index in [2.05, 4.69) is 10.6 Å². The molecule has 37 heavy (non-hydrogen) atoms. The minimum atomic E-state index is -0.446. The lowest BCUT2D eigenvalue weighted by atomic mass is 9.95. The second kappa shape index (κ2) is 10.9. The molecule has 3 aromatic carbocycles. The lowest BCUT2D eigenvalue weighted by Gasteiger charge is -2.19. The molecule has 3 aromatic rings. The highest BCUT2D eigenvalue weighted by Gasteiger charge is 2.29. The van der Waals surface area contributed by atoms with Crippen LogP contribution in [0.2, 0.25) is 5.02 Å². The molecule has 0 aliphatic heterocycles. The maximum absolute atomic E-state index is 13.3. The normalized spacial score (nSPS) is 13.9. The number of amides is 2. The number of carbonyl (C=O) groups excluding carboxylic acids is 2. The van der Waals surface area contributed by atoms with Crippen LogP contribution >= 0.6 is 11.6 Å². The Morgan fingerprint density at radius 2 is 1.65 bits per heavy atom. The summed E-state index contributed by atoms with van der Waals surface area (Å²) < 4.78 is 16.9. The number of methoxy groups -OCH3 is 3. The molecule has 0 radical (unpaired) electrons. The molecule has 0 unspecified atom stereocenters. The molecule has 0 saturated carbocycles. The van der Waals surface area contributed by atoms with Gasteiger partial charge in [0.2, 0.25) is 17.1 Å². The molecule has 0 saturated heterocycles. The van der Waals surface area contributed by atoms with Gasteiger partial charge in [-0.2, -0.15) is 0 Å². The van der Waals surface area contributed by atoms with Gasteiger partial charge in [0.05, 0.1) is 33.1 Å².